The van der Waals surface area contributed by atoms with E-state index in [2.05, 4.69) is 4.98 Å². The van der Waals surface area contributed by atoms with Crippen molar-refractivity contribution >= 4 is 5.91 Å². The zero-order valence-corrected chi connectivity index (χ0v) is 9.99. The fraction of sp³-hybridized carbons (Fsp3) is 0.500. The van der Waals surface area contributed by atoms with Crippen LogP contribution in [0.2, 0.25) is 0 Å². The van der Waals surface area contributed by atoms with Crippen LogP contribution < -0.4 is 5.56 Å². The van der Waals surface area contributed by atoms with Gasteiger partial charge in [0.25, 0.3) is 5.91 Å². The maximum Gasteiger partial charge on any atom is 0.270 e. The molecule has 0 aliphatic heterocycles. The maximum atomic E-state index is 12.0. The number of amides is 1. The highest BCUT2D eigenvalue weighted by molar-refractivity contribution is 5.92. The monoisotopic (exact) mass is 222 g/mol. The van der Waals surface area contributed by atoms with Crippen molar-refractivity contribution in [3.05, 3.63) is 34.2 Å². The first-order chi connectivity index (χ1) is 7.60. The van der Waals surface area contributed by atoms with Crippen molar-refractivity contribution in [2.24, 2.45) is 0 Å². The highest BCUT2D eigenvalue weighted by Gasteiger charge is 2.18. The van der Waals surface area contributed by atoms with Gasteiger partial charge in [-0.15, -0.1) is 0 Å². The van der Waals surface area contributed by atoms with E-state index >= 15 is 0 Å². The van der Waals surface area contributed by atoms with Crippen LogP contribution in [0.1, 0.15) is 37.2 Å². The Kier molecular flexibility index (Phi) is 4.28. The van der Waals surface area contributed by atoms with Gasteiger partial charge in [-0.25, -0.2) is 0 Å². The second kappa shape index (κ2) is 5.49. The first-order valence-electron chi connectivity index (χ1n) is 5.56. The number of carbonyl (C=O) groups is 1. The predicted molar refractivity (Wildman–Crippen MR) is 63.5 cm³/mol. The van der Waals surface area contributed by atoms with E-state index in [0.717, 1.165) is 12.8 Å². The minimum atomic E-state index is -0.246. The molecule has 0 aromatic carbocycles. The summed E-state index contributed by atoms with van der Waals surface area (Å²) in [5.74, 6) is -0.133. The summed E-state index contributed by atoms with van der Waals surface area (Å²) in [6.07, 6.45) is 1.83. The number of nitrogens with zero attached hydrogens (tertiary/aromatic N) is 1. The van der Waals surface area contributed by atoms with Crippen molar-refractivity contribution in [2.75, 3.05) is 7.05 Å². The summed E-state index contributed by atoms with van der Waals surface area (Å²) >= 11 is 0. The van der Waals surface area contributed by atoms with E-state index < -0.39 is 0 Å². The lowest BCUT2D eigenvalue weighted by Crippen LogP contribution is -2.37. The van der Waals surface area contributed by atoms with Crippen molar-refractivity contribution in [2.45, 2.75) is 32.7 Å². The number of rotatable bonds is 4. The lowest BCUT2D eigenvalue weighted by atomic mass is 10.1. The number of aromatic nitrogens is 1. The normalized spacial score (nSPS) is 10.5. The molecule has 4 heteroatoms. The molecule has 0 radical (unpaired) electrons. The molecule has 0 unspecified atom stereocenters. The maximum absolute atomic E-state index is 12.0. The Morgan fingerprint density at radius 3 is 2.50 bits per heavy atom. The van der Waals surface area contributed by atoms with E-state index in [1.165, 1.54) is 6.07 Å². The van der Waals surface area contributed by atoms with E-state index in [9.17, 15) is 9.59 Å². The molecule has 1 amide bonds. The standard InChI is InChI=1S/C12H18N2O2/c1-4-9(5-2)14(3)12(16)10-7-6-8-11(15)13-10/h6-9H,4-5H2,1-3H3,(H,13,15). The Balaban J connectivity index is 2.89. The van der Waals surface area contributed by atoms with Crippen LogP contribution in [-0.2, 0) is 0 Å². The second-order valence-electron chi connectivity index (χ2n) is 3.82. The lowest BCUT2D eigenvalue weighted by Gasteiger charge is -2.26. The van der Waals surface area contributed by atoms with E-state index in [0.29, 0.717) is 5.69 Å². The van der Waals surface area contributed by atoms with Crippen LogP contribution in [0, 0.1) is 0 Å². The Bertz CT molecular complexity index is 407. The summed E-state index contributed by atoms with van der Waals surface area (Å²) in [6, 6.07) is 4.83. The highest BCUT2D eigenvalue weighted by atomic mass is 16.2. The first-order valence-corrected chi connectivity index (χ1v) is 5.56. The highest BCUT2D eigenvalue weighted by Crippen LogP contribution is 2.09. The van der Waals surface area contributed by atoms with Crippen molar-refractivity contribution in [3.8, 4) is 0 Å². The van der Waals surface area contributed by atoms with E-state index in [-0.39, 0.29) is 17.5 Å². The van der Waals surface area contributed by atoms with Crippen LogP contribution in [0.5, 0.6) is 0 Å². The smallest absolute Gasteiger partial charge is 0.270 e. The van der Waals surface area contributed by atoms with Crippen molar-refractivity contribution in [3.63, 3.8) is 0 Å². The van der Waals surface area contributed by atoms with Gasteiger partial charge < -0.3 is 9.88 Å². The lowest BCUT2D eigenvalue weighted by molar-refractivity contribution is 0.0717. The number of hydrogen-bond acceptors (Lipinski definition) is 2. The summed E-state index contributed by atoms with van der Waals surface area (Å²) in [5, 5.41) is 0. The van der Waals surface area contributed by atoms with Gasteiger partial charge in [0, 0.05) is 19.2 Å². The molecule has 1 aromatic heterocycles. The van der Waals surface area contributed by atoms with Crippen LogP contribution >= 0.6 is 0 Å². The van der Waals surface area contributed by atoms with Crippen molar-refractivity contribution in [1.29, 1.82) is 0 Å². The van der Waals surface area contributed by atoms with E-state index in [1.807, 2.05) is 13.8 Å². The molecule has 0 saturated heterocycles. The zero-order valence-electron chi connectivity index (χ0n) is 9.99. The number of hydrogen-bond donors (Lipinski definition) is 1. The molecular weight excluding hydrogens is 204 g/mol. The van der Waals surface area contributed by atoms with Crippen LogP contribution in [0.4, 0.5) is 0 Å². The minimum Gasteiger partial charge on any atom is -0.337 e. The number of nitrogens with one attached hydrogen (secondary N) is 1. The van der Waals surface area contributed by atoms with E-state index in [1.54, 1.807) is 24.1 Å². The van der Waals surface area contributed by atoms with Gasteiger partial charge in [0.1, 0.15) is 5.69 Å². The predicted octanol–water partition coefficient (Wildman–Crippen LogP) is 1.64. The molecule has 16 heavy (non-hydrogen) atoms. The minimum absolute atomic E-state index is 0.133. The molecule has 1 rings (SSSR count). The Morgan fingerprint density at radius 1 is 1.38 bits per heavy atom. The second-order valence-corrected chi connectivity index (χ2v) is 3.82. The molecule has 0 aliphatic rings. The largest absolute Gasteiger partial charge is 0.337 e. The Morgan fingerprint density at radius 2 is 2.00 bits per heavy atom. The van der Waals surface area contributed by atoms with Crippen molar-refractivity contribution in [1.82, 2.24) is 9.88 Å². The van der Waals surface area contributed by atoms with Crippen LogP contribution in [-0.4, -0.2) is 28.9 Å². The average Bonchev–Trinajstić information content (AvgIpc) is 2.29. The molecule has 0 aliphatic carbocycles. The van der Waals surface area contributed by atoms with Crippen LogP contribution in [0.15, 0.2) is 23.0 Å². The number of carbonyl (C=O) groups excluding carboxylic acids is 1. The average molecular weight is 222 g/mol. The third-order valence-electron chi connectivity index (χ3n) is 2.81. The Labute approximate surface area is 95.3 Å². The number of H-pyrrole nitrogens is 1. The van der Waals surface area contributed by atoms with E-state index in [4.69, 9.17) is 0 Å². The molecule has 88 valence electrons. The van der Waals surface area contributed by atoms with Gasteiger partial charge in [-0.05, 0) is 18.9 Å². The molecule has 0 fully saturated rings. The van der Waals surface area contributed by atoms with Gasteiger partial charge in [-0.1, -0.05) is 19.9 Å². The van der Waals surface area contributed by atoms with Gasteiger partial charge in [-0.2, -0.15) is 0 Å². The van der Waals surface area contributed by atoms with Gasteiger partial charge in [0.05, 0.1) is 0 Å². The number of aromatic amines is 1. The molecular formula is C12H18N2O2. The summed E-state index contributed by atoms with van der Waals surface area (Å²) in [7, 11) is 1.77. The third kappa shape index (κ3) is 2.72. The molecule has 0 saturated carbocycles. The molecule has 0 atom stereocenters. The fourth-order valence-corrected chi connectivity index (χ4v) is 1.76. The molecule has 1 aromatic rings. The van der Waals surface area contributed by atoms with Gasteiger partial charge in [0.15, 0.2) is 0 Å². The molecule has 0 bridgehead atoms. The summed E-state index contributed by atoms with van der Waals surface area (Å²) < 4.78 is 0. The van der Waals surface area contributed by atoms with Crippen LogP contribution in [0.25, 0.3) is 0 Å². The Hall–Kier alpha value is -1.58. The van der Waals surface area contributed by atoms with Gasteiger partial charge in [-0.3, -0.25) is 9.59 Å². The third-order valence-corrected chi connectivity index (χ3v) is 2.81. The van der Waals surface area contributed by atoms with Gasteiger partial charge >= 0.3 is 0 Å². The summed E-state index contributed by atoms with van der Waals surface area (Å²) in [5.41, 5.74) is 0.102. The molecule has 4 nitrogen and oxygen atoms in total. The molecule has 1 heterocycles. The van der Waals surface area contributed by atoms with Crippen LogP contribution in [0.3, 0.4) is 0 Å². The summed E-state index contributed by atoms with van der Waals surface area (Å²) in [6.45, 7) is 4.09. The topological polar surface area (TPSA) is 53.2 Å². The fourth-order valence-electron chi connectivity index (χ4n) is 1.76. The first kappa shape index (κ1) is 12.5. The van der Waals surface area contributed by atoms with Crippen molar-refractivity contribution < 1.29 is 4.79 Å². The quantitative estimate of drug-likeness (QED) is 0.842. The number of pyridine rings is 1. The SMILES string of the molecule is CCC(CC)N(C)C(=O)c1cccc(=O)[nH]1. The zero-order chi connectivity index (χ0) is 12.1. The van der Waals surface area contributed by atoms with Gasteiger partial charge in [0.2, 0.25) is 5.56 Å². The molecule has 0 spiro atoms. The molecule has 1 N–H and O–H groups in total. The summed E-state index contributed by atoms with van der Waals surface area (Å²) in [4.78, 5) is 27.3.